The van der Waals surface area contributed by atoms with Crippen LogP contribution in [-0.2, 0) is 26.4 Å². The van der Waals surface area contributed by atoms with Crippen molar-refractivity contribution >= 4 is 31.2 Å². The van der Waals surface area contributed by atoms with Crippen molar-refractivity contribution in [2.75, 3.05) is 25.6 Å². The summed E-state index contributed by atoms with van der Waals surface area (Å²) >= 11 is 1.23. The molecule has 2 rings (SSSR count). The summed E-state index contributed by atoms with van der Waals surface area (Å²) < 4.78 is 48.3. The molecule has 1 fully saturated rings. The summed E-state index contributed by atoms with van der Waals surface area (Å²) in [6.07, 6.45) is 3.47. The third kappa shape index (κ3) is 5.03. The van der Waals surface area contributed by atoms with Gasteiger partial charge in [-0.1, -0.05) is 0 Å². The summed E-state index contributed by atoms with van der Waals surface area (Å²) in [5, 5.41) is 3.33. The van der Waals surface area contributed by atoms with Crippen LogP contribution >= 0.6 is 11.3 Å². The van der Waals surface area contributed by atoms with Crippen LogP contribution in [0.2, 0.25) is 0 Å². The van der Waals surface area contributed by atoms with Crippen molar-refractivity contribution in [3.8, 4) is 0 Å². The molecule has 9 heteroatoms. The van der Waals surface area contributed by atoms with Crippen molar-refractivity contribution in [2.45, 2.75) is 29.6 Å². The average Bonchev–Trinajstić information content (AvgIpc) is 3.08. The van der Waals surface area contributed by atoms with Crippen molar-refractivity contribution in [3.63, 3.8) is 0 Å². The number of sulfonamides is 1. The summed E-state index contributed by atoms with van der Waals surface area (Å²) in [6.45, 7) is 0.645. The van der Waals surface area contributed by atoms with Crippen LogP contribution in [-0.4, -0.2) is 52.8 Å². The summed E-state index contributed by atoms with van der Waals surface area (Å²) in [5.74, 6) is -0.176. The van der Waals surface area contributed by atoms with Gasteiger partial charge in [0.1, 0.15) is 14.0 Å². The third-order valence-corrected chi connectivity index (χ3v) is 7.55. The highest BCUT2D eigenvalue weighted by molar-refractivity contribution is 7.91. The van der Waals surface area contributed by atoms with Crippen molar-refractivity contribution in [3.05, 3.63) is 17.0 Å². The van der Waals surface area contributed by atoms with Gasteiger partial charge in [0.05, 0.1) is 5.75 Å². The van der Waals surface area contributed by atoms with E-state index >= 15 is 0 Å². The Labute approximate surface area is 130 Å². The van der Waals surface area contributed by atoms with Crippen molar-refractivity contribution in [2.24, 2.45) is 0 Å². The van der Waals surface area contributed by atoms with E-state index < -0.39 is 19.9 Å². The first kappa shape index (κ1) is 16.9. The maximum Gasteiger partial charge on any atom is 0.252 e. The smallest absolute Gasteiger partial charge is 0.252 e. The summed E-state index contributed by atoms with van der Waals surface area (Å²) in [4.78, 5) is 0.969. The molecule has 0 atom stereocenters. The molecule has 1 saturated carbocycles. The molecule has 0 aromatic carbocycles. The van der Waals surface area contributed by atoms with E-state index in [1.807, 2.05) is 0 Å². The molecule has 0 unspecified atom stereocenters. The van der Waals surface area contributed by atoms with Gasteiger partial charge in [0.2, 0.25) is 0 Å². The molecule has 0 saturated heterocycles. The zero-order valence-corrected chi connectivity index (χ0v) is 14.5. The standard InChI is InChI=1S/C12H20N2O4S3/c1-14(7-8-20(2,15)16)21(17,18)12-6-5-11(19-12)9-13-10-3-4-10/h5-6,10,13H,3-4,7-9H2,1-2H3. The molecular weight excluding hydrogens is 332 g/mol. The molecule has 1 N–H and O–H groups in total. The van der Waals surface area contributed by atoms with Crippen LogP contribution in [0.4, 0.5) is 0 Å². The maximum atomic E-state index is 12.3. The van der Waals surface area contributed by atoms with Crippen LogP contribution in [0, 0.1) is 0 Å². The third-order valence-electron chi connectivity index (χ3n) is 3.22. The molecule has 0 aliphatic heterocycles. The van der Waals surface area contributed by atoms with Crippen LogP contribution in [0.5, 0.6) is 0 Å². The van der Waals surface area contributed by atoms with E-state index in [2.05, 4.69) is 5.32 Å². The largest absolute Gasteiger partial charge is 0.309 e. The van der Waals surface area contributed by atoms with Crippen LogP contribution in [0.15, 0.2) is 16.3 Å². The lowest BCUT2D eigenvalue weighted by Gasteiger charge is -2.15. The lowest BCUT2D eigenvalue weighted by molar-refractivity contribution is 0.486. The van der Waals surface area contributed by atoms with Crippen LogP contribution in [0.1, 0.15) is 17.7 Å². The molecule has 1 aliphatic carbocycles. The molecule has 1 aromatic heterocycles. The van der Waals surface area contributed by atoms with Gasteiger partial charge in [-0.05, 0) is 25.0 Å². The minimum Gasteiger partial charge on any atom is -0.309 e. The van der Waals surface area contributed by atoms with E-state index in [1.54, 1.807) is 12.1 Å². The number of hydrogen-bond acceptors (Lipinski definition) is 6. The molecule has 0 spiro atoms. The fraction of sp³-hybridized carbons (Fsp3) is 0.667. The Morgan fingerprint density at radius 3 is 2.52 bits per heavy atom. The maximum absolute atomic E-state index is 12.3. The summed E-state index contributed by atoms with van der Waals surface area (Å²) in [5.41, 5.74) is 0. The van der Waals surface area contributed by atoms with Gasteiger partial charge < -0.3 is 5.32 Å². The molecule has 1 aliphatic rings. The first-order valence-electron chi connectivity index (χ1n) is 6.64. The Hall–Kier alpha value is -0.480. The van der Waals surface area contributed by atoms with Gasteiger partial charge in [0, 0.05) is 37.3 Å². The highest BCUT2D eigenvalue weighted by Gasteiger charge is 2.24. The number of sulfone groups is 1. The lowest BCUT2D eigenvalue weighted by atomic mass is 10.4. The quantitative estimate of drug-likeness (QED) is 0.743. The zero-order chi connectivity index (χ0) is 15.7. The van der Waals surface area contributed by atoms with Gasteiger partial charge in [0.25, 0.3) is 10.0 Å². The van der Waals surface area contributed by atoms with Gasteiger partial charge in [0.15, 0.2) is 0 Å². The lowest BCUT2D eigenvalue weighted by Crippen LogP contribution is -2.31. The Balaban J connectivity index is 2.00. The topological polar surface area (TPSA) is 83.6 Å². The number of thiophene rings is 1. The van der Waals surface area contributed by atoms with Crippen molar-refractivity contribution in [1.82, 2.24) is 9.62 Å². The Kier molecular flexibility index (Phi) is 5.09. The Bertz CT molecular complexity index is 690. The van der Waals surface area contributed by atoms with Crippen LogP contribution < -0.4 is 5.32 Å². The Morgan fingerprint density at radius 2 is 1.95 bits per heavy atom. The van der Waals surface area contributed by atoms with E-state index in [-0.39, 0.29) is 16.5 Å². The highest BCUT2D eigenvalue weighted by Crippen LogP contribution is 2.26. The summed E-state index contributed by atoms with van der Waals surface area (Å²) in [7, 11) is -5.38. The number of hydrogen-bond donors (Lipinski definition) is 1. The molecule has 1 aromatic rings. The average molecular weight is 353 g/mol. The molecule has 120 valence electrons. The SMILES string of the molecule is CN(CCS(C)(=O)=O)S(=O)(=O)c1ccc(CNC2CC2)s1. The van der Waals surface area contributed by atoms with E-state index in [0.29, 0.717) is 12.6 Å². The molecule has 1 heterocycles. The van der Waals surface area contributed by atoms with E-state index in [1.165, 1.54) is 31.2 Å². The van der Waals surface area contributed by atoms with Gasteiger partial charge in [-0.3, -0.25) is 0 Å². The number of nitrogens with one attached hydrogen (secondary N) is 1. The molecule has 0 amide bonds. The number of rotatable bonds is 8. The second-order valence-electron chi connectivity index (χ2n) is 5.33. The monoisotopic (exact) mass is 352 g/mol. The fourth-order valence-electron chi connectivity index (χ4n) is 1.69. The first-order chi connectivity index (χ1) is 9.68. The van der Waals surface area contributed by atoms with Crippen LogP contribution in [0.25, 0.3) is 0 Å². The van der Waals surface area contributed by atoms with Crippen molar-refractivity contribution in [1.29, 1.82) is 0 Å². The van der Waals surface area contributed by atoms with Gasteiger partial charge >= 0.3 is 0 Å². The highest BCUT2D eigenvalue weighted by atomic mass is 32.2. The van der Waals surface area contributed by atoms with Gasteiger partial charge in [-0.15, -0.1) is 11.3 Å². The molecular formula is C12H20N2O4S3. The minimum absolute atomic E-state index is 0.0330. The van der Waals surface area contributed by atoms with Crippen LogP contribution in [0.3, 0.4) is 0 Å². The zero-order valence-electron chi connectivity index (χ0n) is 12.1. The second kappa shape index (κ2) is 6.33. The molecule has 0 radical (unpaired) electrons. The molecule has 0 bridgehead atoms. The van der Waals surface area contributed by atoms with Gasteiger partial charge in [-0.25, -0.2) is 16.8 Å². The first-order valence-corrected chi connectivity index (χ1v) is 11.0. The van der Waals surface area contributed by atoms with E-state index in [0.717, 1.165) is 15.4 Å². The molecule has 6 nitrogen and oxygen atoms in total. The van der Waals surface area contributed by atoms with Crippen molar-refractivity contribution < 1.29 is 16.8 Å². The Morgan fingerprint density at radius 1 is 1.29 bits per heavy atom. The van der Waals surface area contributed by atoms with Gasteiger partial charge in [-0.2, -0.15) is 4.31 Å². The summed E-state index contributed by atoms with van der Waals surface area (Å²) in [6, 6.07) is 3.96. The van der Waals surface area contributed by atoms with E-state index in [4.69, 9.17) is 0 Å². The predicted octanol–water partition coefficient (Wildman–Crippen LogP) is 0.665. The number of nitrogens with zero attached hydrogens (tertiary/aromatic N) is 1. The second-order valence-corrected chi connectivity index (χ2v) is 11.0. The fourth-order valence-corrected chi connectivity index (χ4v) is 5.10. The normalized spacial score (nSPS) is 16.5. The van der Waals surface area contributed by atoms with E-state index in [9.17, 15) is 16.8 Å². The molecule has 21 heavy (non-hydrogen) atoms. The predicted molar refractivity (Wildman–Crippen MR) is 83.7 cm³/mol. The minimum atomic E-state index is -3.60.